The second kappa shape index (κ2) is 5.87. The molecule has 0 aliphatic heterocycles. The molecule has 0 atom stereocenters. The molecule has 1 heterocycles. The van der Waals surface area contributed by atoms with Crippen molar-refractivity contribution in [1.82, 2.24) is 0 Å². The molecule has 2 aromatic rings. The number of carbonyl (C=O) groups excluding carboxylic acids is 1. The van der Waals surface area contributed by atoms with Gasteiger partial charge in [0.1, 0.15) is 12.4 Å². The molecule has 0 unspecified atom stereocenters. The van der Waals surface area contributed by atoms with Gasteiger partial charge >= 0.3 is 0 Å². The molecule has 2 rings (SSSR count). The van der Waals surface area contributed by atoms with Crippen molar-refractivity contribution in [3.63, 3.8) is 0 Å². The lowest BCUT2D eigenvalue weighted by molar-refractivity contribution is 0.101. The molecule has 0 fully saturated rings. The fourth-order valence-electron chi connectivity index (χ4n) is 1.42. The van der Waals surface area contributed by atoms with Gasteiger partial charge in [0, 0.05) is 20.3 Å². The number of ether oxygens (including phenoxy) is 1. The molecule has 1 aromatic heterocycles. The van der Waals surface area contributed by atoms with Crippen LogP contribution in [0, 0.1) is 0 Å². The first-order valence-corrected chi connectivity index (χ1v) is 7.27. The predicted molar refractivity (Wildman–Crippen MR) is 77.8 cm³/mol. The molecule has 1 aromatic carbocycles. The monoisotopic (exact) mass is 344 g/mol. The normalized spacial score (nSPS) is 10.4. The Morgan fingerprint density at radius 1 is 1.44 bits per heavy atom. The highest BCUT2D eigenvalue weighted by atomic mass is 79.9. The Labute approximate surface area is 123 Å². The summed E-state index contributed by atoms with van der Waals surface area (Å²) >= 11 is 11.1. The van der Waals surface area contributed by atoms with Crippen molar-refractivity contribution < 1.29 is 9.53 Å². The second-order valence-electron chi connectivity index (χ2n) is 3.72. The van der Waals surface area contributed by atoms with E-state index in [-0.39, 0.29) is 5.78 Å². The van der Waals surface area contributed by atoms with Crippen LogP contribution in [-0.4, -0.2) is 5.78 Å². The van der Waals surface area contributed by atoms with Gasteiger partial charge in [0.05, 0.1) is 5.02 Å². The molecule has 18 heavy (non-hydrogen) atoms. The van der Waals surface area contributed by atoms with Crippen molar-refractivity contribution in [3.8, 4) is 5.75 Å². The molecule has 0 saturated heterocycles. The lowest BCUT2D eigenvalue weighted by Gasteiger charge is -2.07. The zero-order valence-electron chi connectivity index (χ0n) is 9.57. The number of ketones is 1. The molecular weight excluding hydrogens is 336 g/mol. The van der Waals surface area contributed by atoms with E-state index in [1.54, 1.807) is 29.5 Å². The van der Waals surface area contributed by atoms with Gasteiger partial charge in [0.2, 0.25) is 0 Å². The van der Waals surface area contributed by atoms with E-state index in [0.29, 0.717) is 22.9 Å². The molecule has 5 heteroatoms. The van der Waals surface area contributed by atoms with Crippen LogP contribution in [0.15, 0.2) is 34.1 Å². The first-order chi connectivity index (χ1) is 8.56. The van der Waals surface area contributed by atoms with Gasteiger partial charge in [-0.1, -0.05) is 11.6 Å². The highest BCUT2D eigenvalue weighted by Crippen LogP contribution is 2.28. The quantitative estimate of drug-likeness (QED) is 0.733. The number of Topliss-reactive ketones (excluding diaryl/α,β-unsaturated/α-hetero) is 1. The van der Waals surface area contributed by atoms with Crippen molar-refractivity contribution in [2.24, 2.45) is 0 Å². The second-order valence-corrected chi connectivity index (χ2v) is 6.04. The van der Waals surface area contributed by atoms with Gasteiger partial charge < -0.3 is 4.74 Å². The van der Waals surface area contributed by atoms with E-state index in [1.807, 2.05) is 11.4 Å². The van der Waals surface area contributed by atoms with E-state index in [4.69, 9.17) is 16.3 Å². The van der Waals surface area contributed by atoms with Crippen molar-refractivity contribution >= 4 is 44.7 Å². The van der Waals surface area contributed by atoms with E-state index in [0.717, 1.165) is 9.35 Å². The van der Waals surface area contributed by atoms with Gasteiger partial charge in [0.25, 0.3) is 0 Å². The third kappa shape index (κ3) is 3.34. The van der Waals surface area contributed by atoms with Gasteiger partial charge in [-0.05, 0) is 47.1 Å². The molecule has 2 nitrogen and oxygen atoms in total. The summed E-state index contributed by atoms with van der Waals surface area (Å²) < 4.78 is 6.66. The third-order valence-corrected chi connectivity index (χ3v) is 4.30. The largest absolute Gasteiger partial charge is 0.487 e. The molecule has 94 valence electrons. The van der Waals surface area contributed by atoms with Crippen LogP contribution in [0.4, 0.5) is 0 Å². The molecular formula is C13H10BrClO2S. The Morgan fingerprint density at radius 3 is 2.78 bits per heavy atom. The summed E-state index contributed by atoms with van der Waals surface area (Å²) in [6.07, 6.45) is 0. The molecule has 0 aliphatic rings. The molecule has 0 spiro atoms. The summed E-state index contributed by atoms with van der Waals surface area (Å²) in [5.41, 5.74) is 0.589. The van der Waals surface area contributed by atoms with Gasteiger partial charge in [-0.25, -0.2) is 0 Å². The van der Waals surface area contributed by atoms with E-state index < -0.39 is 0 Å². The smallest absolute Gasteiger partial charge is 0.159 e. The number of hydrogen-bond acceptors (Lipinski definition) is 3. The predicted octanol–water partition coefficient (Wildman–Crippen LogP) is 4.95. The van der Waals surface area contributed by atoms with Crippen molar-refractivity contribution in [2.45, 2.75) is 13.5 Å². The lowest BCUT2D eigenvalue weighted by atomic mass is 10.1. The maximum atomic E-state index is 11.2. The summed E-state index contributed by atoms with van der Waals surface area (Å²) in [6.45, 7) is 1.98. The summed E-state index contributed by atoms with van der Waals surface area (Å²) in [6, 6.07) is 7.07. The van der Waals surface area contributed by atoms with Gasteiger partial charge in [-0.3, -0.25) is 4.79 Å². The number of rotatable bonds is 4. The maximum absolute atomic E-state index is 11.2. The Kier molecular flexibility index (Phi) is 4.43. The zero-order chi connectivity index (χ0) is 13.1. The number of hydrogen-bond donors (Lipinski definition) is 0. The summed E-state index contributed by atoms with van der Waals surface area (Å²) in [5, 5.41) is 2.46. The maximum Gasteiger partial charge on any atom is 0.159 e. The number of thiophene rings is 1. The Morgan fingerprint density at radius 2 is 2.22 bits per heavy atom. The van der Waals surface area contributed by atoms with Crippen molar-refractivity contribution in [2.75, 3.05) is 0 Å². The van der Waals surface area contributed by atoms with Crippen molar-refractivity contribution in [3.05, 3.63) is 49.6 Å². The van der Waals surface area contributed by atoms with E-state index in [9.17, 15) is 4.79 Å². The van der Waals surface area contributed by atoms with Crippen LogP contribution in [0.3, 0.4) is 0 Å². The summed E-state index contributed by atoms with van der Waals surface area (Å²) in [4.78, 5) is 12.3. The van der Waals surface area contributed by atoms with Gasteiger partial charge in [-0.15, -0.1) is 11.3 Å². The Hall–Kier alpha value is -0.840. The molecule has 0 amide bonds. The number of halogens is 2. The molecule has 0 N–H and O–H groups in total. The van der Waals surface area contributed by atoms with Crippen LogP contribution in [0.5, 0.6) is 5.75 Å². The highest BCUT2D eigenvalue weighted by molar-refractivity contribution is 9.10. The Bertz CT molecular complexity index is 580. The van der Waals surface area contributed by atoms with E-state index in [1.165, 1.54) is 6.92 Å². The molecule has 0 aliphatic carbocycles. The van der Waals surface area contributed by atoms with Gasteiger partial charge in [0.15, 0.2) is 5.78 Å². The minimum Gasteiger partial charge on any atom is -0.487 e. The fraction of sp³-hybridized carbons (Fsp3) is 0.154. The highest BCUT2D eigenvalue weighted by Gasteiger charge is 2.07. The zero-order valence-corrected chi connectivity index (χ0v) is 12.7. The summed E-state index contributed by atoms with van der Waals surface area (Å²) in [7, 11) is 0. The SMILES string of the molecule is CC(=O)c1ccc(OCc2cc(Br)cs2)c(Cl)c1. The molecule has 0 saturated carbocycles. The van der Waals surface area contributed by atoms with Crippen LogP contribution in [0.2, 0.25) is 5.02 Å². The van der Waals surface area contributed by atoms with Crippen LogP contribution < -0.4 is 4.74 Å². The summed E-state index contributed by atoms with van der Waals surface area (Å²) in [5.74, 6) is 0.580. The lowest BCUT2D eigenvalue weighted by Crippen LogP contribution is -1.96. The number of carbonyl (C=O) groups is 1. The Balaban J connectivity index is 2.08. The topological polar surface area (TPSA) is 26.3 Å². The van der Waals surface area contributed by atoms with Crippen LogP contribution in [0.25, 0.3) is 0 Å². The average Bonchev–Trinajstić information content (AvgIpc) is 2.73. The molecule has 0 radical (unpaired) electrons. The van der Waals surface area contributed by atoms with Crippen LogP contribution in [0.1, 0.15) is 22.2 Å². The fourth-order valence-corrected chi connectivity index (χ4v) is 3.01. The minimum absolute atomic E-state index is 0.00867. The van der Waals surface area contributed by atoms with Crippen LogP contribution >= 0.6 is 38.9 Å². The van der Waals surface area contributed by atoms with E-state index in [2.05, 4.69) is 15.9 Å². The van der Waals surface area contributed by atoms with Crippen LogP contribution in [-0.2, 0) is 6.61 Å². The standard InChI is InChI=1S/C13H10BrClO2S/c1-8(16)9-2-3-13(12(15)4-9)17-6-11-5-10(14)7-18-11/h2-5,7H,6H2,1H3. The first-order valence-electron chi connectivity index (χ1n) is 5.22. The van der Waals surface area contributed by atoms with E-state index >= 15 is 0 Å². The average molecular weight is 346 g/mol. The first kappa shape index (κ1) is 13.6. The van der Waals surface area contributed by atoms with Crippen molar-refractivity contribution in [1.29, 1.82) is 0 Å². The number of benzene rings is 1. The van der Waals surface area contributed by atoms with Gasteiger partial charge in [-0.2, -0.15) is 0 Å². The third-order valence-electron chi connectivity index (χ3n) is 2.33. The minimum atomic E-state index is -0.00867. The molecule has 0 bridgehead atoms.